The second-order valence-corrected chi connectivity index (χ2v) is 6.37. The topological polar surface area (TPSA) is 59.8 Å². The fraction of sp³-hybridized carbons (Fsp3) is 0.400. The molecule has 1 unspecified atom stereocenters. The Hall–Kier alpha value is -1.59. The number of carbonyl (C=O) groups is 1. The van der Waals surface area contributed by atoms with Crippen molar-refractivity contribution in [1.29, 1.82) is 0 Å². The number of carbonyl (C=O) groups excluding carboxylic acids is 1. The number of hydrogen-bond donors (Lipinski definition) is 1. The molecule has 1 N–H and O–H groups in total. The quantitative estimate of drug-likeness (QED) is 0.934. The molecule has 0 saturated heterocycles. The van der Waals surface area contributed by atoms with Gasteiger partial charge in [0.05, 0.1) is 17.8 Å². The Bertz CT molecular complexity index is 714. The third-order valence-electron chi connectivity index (χ3n) is 3.92. The summed E-state index contributed by atoms with van der Waals surface area (Å²) >= 11 is 12.0. The zero-order valence-corrected chi connectivity index (χ0v) is 13.7. The monoisotopic (exact) mass is 338 g/mol. The molecule has 0 saturated carbocycles. The van der Waals surface area contributed by atoms with Gasteiger partial charge in [-0.1, -0.05) is 28.4 Å². The minimum Gasteiger partial charge on any atom is -0.353 e. The maximum atomic E-state index is 12.2. The summed E-state index contributed by atoms with van der Waals surface area (Å²) in [7, 11) is 1.88. The van der Waals surface area contributed by atoms with Crippen LogP contribution in [0.25, 0.3) is 0 Å². The standard InChI is InChI=1S/C15H16Cl2N4O/c1-21-14-8-11(3-5-13(14)19-20-21)18-15(22)7-9-6-10(16)2-4-12(9)17/h2,4,6,11H,3,5,7-8H2,1H3,(H,18,22). The molecule has 116 valence electrons. The second kappa shape index (κ2) is 6.26. The van der Waals surface area contributed by atoms with E-state index in [1.807, 2.05) is 7.05 Å². The van der Waals surface area contributed by atoms with E-state index in [-0.39, 0.29) is 18.4 Å². The summed E-state index contributed by atoms with van der Waals surface area (Å²) in [4.78, 5) is 12.2. The van der Waals surface area contributed by atoms with Crippen molar-refractivity contribution >= 4 is 29.1 Å². The molecule has 1 heterocycles. The number of nitrogens with one attached hydrogen (secondary N) is 1. The molecule has 22 heavy (non-hydrogen) atoms. The van der Waals surface area contributed by atoms with E-state index in [1.54, 1.807) is 22.9 Å². The van der Waals surface area contributed by atoms with Gasteiger partial charge in [0.2, 0.25) is 5.91 Å². The predicted molar refractivity (Wildman–Crippen MR) is 85.1 cm³/mol. The fourth-order valence-corrected chi connectivity index (χ4v) is 3.14. The van der Waals surface area contributed by atoms with E-state index in [1.165, 1.54) is 0 Å². The van der Waals surface area contributed by atoms with Gasteiger partial charge in [0.25, 0.3) is 0 Å². The van der Waals surface area contributed by atoms with Crippen molar-refractivity contribution in [1.82, 2.24) is 20.3 Å². The third-order valence-corrected chi connectivity index (χ3v) is 4.52. The molecule has 1 aliphatic carbocycles. The molecule has 3 rings (SSSR count). The number of rotatable bonds is 3. The Balaban J connectivity index is 1.63. The van der Waals surface area contributed by atoms with Crippen molar-refractivity contribution in [3.8, 4) is 0 Å². The molecule has 2 aromatic rings. The molecular formula is C15H16Cl2N4O. The molecule has 0 bridgehead atoms. The Kier molecular flexibility index (Phi) is 4.36. The van der Waals surface area contributed by atoms with Crippen LogP contribution in [-0.2, 0) is 31.1 Å². The van der Waals surface area contributed by atoms with Crippen molar-refractivity contribution in [2.24, 2.45) is 7.05 Å². The van der Waals surface area contributed by atoms with Crippen LogP contribution in [0.3, 0.4) is 0 Å². The van der Waals surface area contributed by atoms with E-state index in [0.29, 0.717) is 10.0 Å². The lowest BCUT2D eigenvalue weighted by Crippen LogP contribution is -2.40. The van der Waals surface area contributed by atoms with Gasteiger partial charge in [-0.25, -0.2) is 0 Å². The fourth-order valence-electron chi connectivity index (χ4n) is 2.76. The second-order valence-electron chi connectivity index (χ2n) is 5.53. The molecule has 5 nitrogen and oxygen atoms in total. The van der Waals surface area contributed by atoms with Crippen LogP contribution < -0.4 is 5.32 Å². The lowest BCUT2D eigenvalue weighted by atomic mass is 9.95. The van der Waals surface area contributed by atoms with E-state index >= 15 is 0 Å². The minimum absolute atomic E-state index is 0.0484. The number of nitrogens with zero attached hydrogens (tertiary/aromatic N) is 3. The van der Waals surface area contributed by atoms with Crippen LogP contribution in [0.1, 0.15) is 23.4 Å². The highest BCUT2D eigenvalue weighted by molar-refractivity contribution is 6.33. The molecule has 0 fully saturated rings. The minimum atomic E-state index is -0.0484. The average molecular weight is 339 g/mol. The summed E-state index contributed by atoms with van der Waals surface area (Å²) in [6.07, 6.45) is 2.70. The van der Waals surface area contributed by atoms with E-state index < -0.39 is 0 Å². The number of benzene rings is 1. The lowest BCUT2D eigenvalue weighted by molar-refractivity contribution is -0.121. The molecule has 1 aromatic carbocycles. The predicted octanol–water partition coefficient (Wildman–Crippen LogP) is 2.34. The molecule has 0 radical (unpaired) electrons. The molecule has 0 spiro atoms. The molecule has 1 atom stereocenters. The van der Waals surface area contributed by atoms with Crippen LogP contribution in [0.4, 0.5) is 0 Å². The van der Waals surface area contributed by atoms with Gasteiger partial charge in [-0.2, -0.15) is 0 Å². The first-order chi connectivity index (χ1) is 10.5. The van der Waals surface area contributed by atoms with Crippen molar-refractivity contribution < 1.29 is 4.79 Å². The first kappa shape index (κ1) is 15.3. The number of aromatic nitrogens is 3. The van der Waals surface area contributed by atoms with E-state index in [4.69, 9.17) is 23.2 Å². The van der Waals surface area contributed by atoms with Crippen LogP contribution in [0.5, 0.6) is 0 Å². The summed E-state index contributed by atoms with van der Waals surface area (Å²) in [6.45, 7) is 0. The highest BCUT2D eigenvalue weighted by Crippen LogP contribution is 2.22. The van der Waals surface area contributed by atoms with E-state index in [9.17, 15) is 4.79 Å². The lowest BCUT2D eigenvalue weighted by Gasteiger charge is -2.23. The maximum absolute atomic E-state index is 12.2. The summed E-state index contributed by atoms with van der Waals surface area (Å²) in [6, 6.07) is 5.26. The highest BCUT2D eigenvalue weighted by Gasteiger charge is 2.24. The smallest absolute Gasteiger partial charge is 0.224 e. The molecule has 1 amide bonds. The summed E-state index contributed by atoms with van der Waals surface area (Å²) in [5.74, 6) is -0.0484. The zero-order valence-electron chi connectivity index (χ0n) is 12.1. The van der Waals surface area contributed by atoms with Gasteiger partial charge >= 0.3 is 0 Å². The largest absolute Gasteiger partial charge is 0.353 e. The van der Waals surface area contributed by atoms with Gasteiger partial charge in [-0.05, 0) is 36.6 Å². The summed E-state index contributed by atoms with van der Waals surface area (Å²) in [5, 5.41) is 12.3. The Morgan fingerprint density at radius 3 is 3.09 bits per heavy atom. The van der Waals surface area contributed by atoms with Gasteiger partial charge < -0.3 is 5.32 Å². The number of amides is 1. The Labute approximate surface area is 138 Å². The van der Waals surface area contributed by atoms with Crippen LogP contribution in [0.2, 0.25) is 10.0 Å². The van der Waals surface area contributed by atoms with Gasteiger partial charge in [0.15, 0.2) is 0 Å². The van der Waals surface area contributed by atoms with Crippen molar-refractivity contribution in [3.63, 3.8) is 0 Å². The summed E-state index contributed by atoms with van der Waals surface area (Å²) in [5.41, 5.74) is 2.87. The zero-order chi connectivity index (χ0) is 15.7. The first-order valence-corrected chi connectivity index (χ1v) is 7.89. The van der Waals surface area contributed by atoms with Crippen molar-refractivity contribution in [2.75, 3.05) is 0 Å². The highest BCUT2D eigenvalue weighted by atomic mass is 35.5. The van der Waals surface area contributed by atoms with Gasteiger partial charge in [-0.3, -0.25) is 9.48 Å². The van der Waals surface area contributed by atoms with Crippen molar-refractivity contribution in [3.05, 3.63) is 45.2 Å². The van der Waals surface area contributed by atoms with Crippen LogP contribution in [0.15, 0.2) is 18.2 Å². The Morgan fingerprint density at radius 2 is 2.27 bits per heavy atom. The normalized spacial score (nSPS) is 17.1. The van der Waals surface area contributed by atoms with Crippen molar-refractivity contribution in [2.45, 2.75) is 31.7 Å². The van der Waals surface area contributed by atoms with Gasteiger partial charge in [-0.15, -0.1) is 5.10 Å². The maximum Gasteiger partial charge on any atom is 0.224 e. The SMILES string of the molecule is Cn1nnc2c1CC(NC(=O)Cc1cc(Cl)ccc1Cl)CC2. The number of fused-ring (bicyclic) bond motifs is 1. The molecule has 7 heteroatoms. The van der Waals surface area contributed by atoms with E-state index in [2.05, 4.69) is 15.6 Å². The molecular weight excluding hydrogens is 323 g/mol. The number of hydrogen-bond acceptors (Lipinski definition) is 3. The molecule has 1 aliphatic rings. The van der Waals surface area contributed by atoms with Gasteiger partial charge in [0.1, 0.15) is 0 Å². The molecule has 1 aromatic heterocycles. The number of halogens is 2. The Morgan fingerprint density at radius 1 is 1.45 bits per heavy atom. The van der Waals surface area contributed by atoms with Crippen LogP contribution in [-0.4, -0.2) is 26.9 Å². The summed E-state index contributed by atoms with van der Waals surface area (Å²) < 4.78 is 1.78. The number of aryl methyl sites for hydroxylation is 2. The third kappa shape index (κ3) is 3.25. The van der Waals surface area contributed by atoms with E-state index in [0.717, 1.165) is 36.2 Å². The van der Waals surface area contributed by atoms with Gasteiger partial charge in [0, 0.05) is 29.6 Å². The van der Waals surface area contributed by atoms with Crippen LogP contribution >= 0.6 is 23.2 Å². The average Bonchev–Trinajstić information content (AvgIpc) is 2.84. The first-order valence-electron chi connectivity index (χ1n) is 7.13. The van der Waals surface area contributed by atoms with Crippen LogP contribution in [0, 0.1) is 0 Å². The molecule has 0 aliphatic heterocycles.